The molecule has 0 bridgehead atoms. The van der Waals surface area contributed by atoms with Crippen molar-refractivity contribution in [3.8, 4) is 11.5 Å². The van der Waals surface area contributed by atoms with Gasteiger partial charge in [0.25, 0.3) is 0 Å². The van der Waals surface area contributed by atoms with E-state index in [1.807, 2.05) is 6.07 Å². The zero-order valence-corrected chi connectivity index (χ0v) is 18.5. The molecule has 0 spiro atoms. The molecule has 30 heavy (non-hydrogen) atoms. The van der Waals surface area contributed by atoms with Gasteiger partial charge < -0.3 is 19.0 Å². The molecule has 1 saturated carbocycles. The van der Waals surface area contributed by atoms with Crippen LogP contribution in [0.15, 0.2) is 45.1 Å². The SMILES string of the molecule is COc1cc2ccc(=O)oc2cc1OCC1C(C)=CCC2C(C)(C)C(O)CCC12C. The Kier molecular flexibility index (Phi) is 5.21. The Morgan fingerprint density at radius 1 is 1.20 bits per heavy atom. The maximum absolute atomic E-state index is 11.6. The van der Waals surface area contributed by atoms with Crippen LogP contribution in [-0.2, 0) is 0 Å². The Bertz CT molecular complexity index is 1030. The first-order chi connectivity index (χ1) is 14.2. The lowest BCUT2D eigenvalue weighted by atomic mass is 9.48. The third-order valence-corrected chi connectivity index (χ3v) is 7.84. The maximum atomic E-state index is 11.6. The summed E-state index contributed by atoms with van der Waals surface area (Å²) in [4.78, 5) is 11.6. The lowest BCUT2D eigenvalue weighted by Gasteiger charge is -2.58. The van der Waals surface area contributed by atoms with Crippen LogP contribution in [0, 0.1) is 22.7 Å². The van der Waals surface area contributed by atoms with Crippen molar-refractivity contribution in [2.24, 2.45) is 22.7 Å². The van der Waals surface area contributed by atoms with Crippen molar-refractivity contribution in [3.05, 3.63) is 46.3 Å². The number of hydrogen-bond acceptors (Lipinski definition) is 5. The first kappa shape index (κ1) is 21.0. The predicted octanol–water partition coefficient (Wildman–Crippen LogP) is 4.95. The fourth-order valence-corrected chi connectivity index (χ4v) is 5.88. The standard InChI is InChI=1S/C25H32O5/c1-15-6-8-21-24(2,3)22(26)10-11-25(21,4)17(15)14-29-20-13-18-16(12-19(20)28-5)7-9-23(27)30-18/h6-7,9,12-13,17,21-22,26H,8,10-11,14H2,1-5H3. The molecule has 0 radical (unpaired) electrons. The second kappa shape index (κ2) is 7.45. The molecule has 4 rings (SSSR count). The van der Waals surface area contributed by atoms with E-state index in [0.29, 0.717) is 29.6 Å². The molecule has 1 aromatic heterocycles. The molecule has 1 N–H and O–H groups in total. The van der Waals surface area contributed by atoms with Gasteiger partial charge in [0.2, 0.25) is 0 Å². The summed E-state index contributed by atoms with van der Waals surface area (Å²) in [5.74, 6) is 1.83. The van der Waals surface area contributed by atoms with Gasteiger partial charge in [0.1, 0.15) is 5.58 Å². The molecule has 1 heterocycles. The highest BCUT2D eigenvalue weighted by Crippen LogP contribution is 2.59. The minimum atomic E-state index is -0.386. The predicted molar refractivity (Wildman–Crippen MR) is 117 cm³/mol. The first-order valence-corrected chi connectivity index (χ1v) is 10.8. The van der Waals surface area contributed by atoms with Crippen LogP contribution in [0.5, 0.6) is 11.5 Å². The molecular formula is C25H32O5. The topological polar surface area (TPSA) is 68.9 Å². The number of allylic oxidation sites excluding steroid dienone is 1. The maximum Gasteiger partial charge on any atom is 0.336 e. The fraction of sp³-hybridized carbons (Fsp3) is 0.560. The van der Waals surface area contributed by atoms with Crippen molar-refractivity contribution in [3.63, 3.8) is 0 Å². The number of fused-ring (bicyclic) bond motifs is 2. The molecule has 5 heteroatoms. The zero-order valence-electron chi connectivity index (χ0n) is 18.5. The molecule has 5 nitrogen and oxygen atoms in total. The van der Waals surface area contributed by atoms with Gasteiger partial charge in [-0.3, -0.25) is 0 Å². The summed E-state index contributed by atoms with van der Waals surface area (Å²) < 4.78 is 17.2. The van der Waals surface area contributed by atoms with Crippen LogP contribution in [0.1, 0.15) is 47.0 Å². The van der Waals surface area contributed by atoms with Crippen molar-refractivity contribution < 1.29 is 19.0 Å². The molecule has 1 fully saturated rings. The molecule has 4 unspecified atom stereocenters. The molecule has 2 aromatic rings. The number of hydrogen-bond donors (Lipinski definition) is 1. The van der Waals surface area contributed by atoms with Crippen molar-refractivity contribution in [2.45, 2.75) is 53.1 Å². The lowest BCUT2D eigenvalue weighted by molar-refractivity contribution is -0.119. The van der Waals surface area contributed by atoms with E-state index in [9.17, 15) is 9.90 Å². The highest BCUT2D eigenvalue weighted by Gasteiger charge is 2.55. The monoisotopic (exact) mass is 412 g/mol. The Morgan fingerprint density at radius 2 is 1.97 bits per heavy atom. The molecule has 2 aliphatic rings. The smallest absolute Gasteiger partial charge is 0.336 e. The Hall–Kier alpha value is -2.27. The minimum Gasteiger partial charge on any atom is -0.493 e. The normalized spacial score (nSPS) is 30.5. The molecule has 162 valence electrons. The van der Waals surface area contributed by atoms with Gasteiger partial charge in [0.05, 0.1) is 19.8 Å². The molecule has 0 saturated heterocycles. The van der Waals surface area contributed by atoms with E-state index in [0.717, 1.165) is 24.6 Å². The Balaban J connectivity index is 1.65. The molecule has 4 atom stereocenters. The van der Waals surface area contributed by atoms with Gasteiger partial charge in [-0.1, -0.05) is 32.4 Å². The van der Waals surface area contributed by atoms with Crippen molar-refractivity contribution in [1.82, 2.24) is 0 Å². The number of ether oxygens (including phenoxy) is 2. The van der Waals surface area contributed by atoms with E-state index in [1.54, 1.807) is 19.2 Å². The van der Waals surface area contributed by atoms with Crippen molar-refractivity contribution in [2.75, 3.05) is 13.7 Å². The molecule has 1 aromatic carbocycles. The average molecular weight is 413 g/mol. The number of rotatable bonds is 4. The van der Waals surface area contributed by atoms with E-state index in [1.165, 1.54) is 11.6 Å². The lowest BCUT2D eigenvalue weighted by Crippen LogP contribution is -2.55. The molecule has 0 amide bonds. The summed E-state index contributed by atoms with van der Waals surface area (Å²) in [6.45, 7) is 9.44. The van der Waals surface area contributed by atoms with Crippen LogP contribution in [-0.4, -0.2) is 24.9 Å². The third kappa shape index (κ3) is 3.33. The summed E-state index contributed by atoms with van der Waals surface area (Å²) in [6.07, 6.45) is 4.83. The highest BCUT2D eigenvalue weighted by atomic mass is 16.5. The first-order valence-electron chi connectivity index (χ1n) is 10.8. The number of aliphatic hydroxyl groups excluding tert-OH is 1. The van der Waals surface area contributed by atoms with Gasteiger partial charge in [-0.15, -0.1) is 0 Å². The summed E-state index contributed by atoms with van der Waals surface area (Å²) in [5.41, 5.74) is 1.36. The van der Waals surface area contributed by atoms with E-state index in [-0.39, 0.29) is 28.5 Å². The number of benzene rings is 1. The van der Waals surface area contributed by atoms with E-state index in [2.05, 4.69) is 33.8 Å². The number of aliphatic hydroxyl groups is 1. The third-order valence-electron chi connectivity index (χ3n) is 7.84. The van der Waals surface area contributed by atoms with Gasteiger partial charge >= 0.3 is 5.63 Å². The van der Waals surface area contributed by atoms with Crippen LogP contribution in [0.2, 0.25) is 0 Å². The number of methoxy groups -OCH3 is 1. The van der Waals surface area contributed by atoms with Gasteiger partial charge in [-0.2, -0.15) is 0 Å². The second-order valence-electron chi connectivity index (χ2n) is 9.78. The Morgan fingerprint density at radius 3 is 2.70 bits per heavy atom. The van der Waals surface area contributed by atoms with E-state index >= 15 is 0 Å². The molecular weight excluding hydrogens is 380 g/mol. The van der Waals surface area contributed by atoms with Gasteiger partial charge in [0, 0.05) is 23.4 Å². The minimum absolute atomic E-state index is 0.0538. The summed E-state index contributed by atoms with van der Waals surface area (Å²) in [7, 11) is 1.61. The average Bonchev–Trinajstić information content (AvgIpc) is 2.70. The van der Waals surface area contributed by atoms with E-state index in [4.69, 9.17) is 13.9 Å². The summed E-state index contributed by atoms with van der Waals surface area (Å²) in [6, 6.07) is 6.70. The molecule has 0 aliphatic heterocycles. The van der Waals surface area contributed by atoms with Gasteiger partial charge in [-0.05, 0) is 55.1 Å². The van der Waals surface area contributed by atoms with Crippen LogP contribution in [0.25, 0.3) is 11.0 Å². The van der Waals surface area contributed by atoms with Crippen LogP contribution in [0.3, 0.4) is 0 Å². The largest absolute Gasteiger partial charge is 0.493 e. The zero-order chi connectivity index (χ0) is 21.7. The van der Waals surface area contributed by atoms with Crippen molar-refractivity contribution in [1.29, 1.82) is 0 Å². The second-order valence-corrected chi connectivity index (χ2v) is 9.78. The van der Waals surface area contributed by atoms with Crippen LogP contribution >= 0.6 is 0 Å². The Labute approximate surface area is 177 Å². The van der Waals surface area contributed by atoms with Crippen molar-refractivity contribution >= 4 is 11.0 Å². The van der Waals surface area contributed by atoms with E-state index < -0.39 is 0 Å². The molecule has 2 aliphatic carbocycles. The van der Waals surface area contributed by atoms with Crippen LogP contribution in [0.4, 0.5) is 0 Å². The summed E-state index contributed by atoms with van der Waals surface area (Å²) in [5, 5.41) is 11.4. The fourth-order valence-electron chi connectivity index (χ4n) is 5.88. The van der Waals surface area contributed by atoms with Gasteiger partial charge in [-0.25, -0.2) is 4.79 Å². The quantitative estimate of drug-likeness (QED) is 0.568. The van der Waals surface area contributed by atoms with Gasteiger partial charge in [0.15, 0.2) is 11.5 Å². The highest BCUT2D eigenvalue weighted by molar-refractivity contribution is 5.80. The van der Waals surface area contributed by atoms with Crippen LogP contribution < -0.4 is 15.1 Å². The summed E-state index contributed by atoms with van der Waals surface area (Å²) >= 11 is 0.